The largest absolute Gasteiger partial charge is 0.387 e. The van der Waals surface area contributed by atoms with E-state index in [9.17, 15) is 9.50 Å². The van der Waals surface area contributed by atoms with Crippen LogP contribution in [0.1, 0.15) is 37.0 Å². The van der Waals surface area contributed by atoms with Gasteiger partial charge in [-0.2, -0.15) is 0 Å². The molecule has 2 aromatic rings. The van der Waals surface area contributed by atoms with Gasteiger partial charge >= 0.3 is 0 Å². The van der Waals surface area contributed by atoms with Crippen molar-refractivity contribution in [2.24, 2.45) is 0 Å². The Morgan fingerprint density at radius 3 is 2.35 bits per heavy atom. The number of benzene rings is 2. The topological polar surface area (TPSA) is 32.3 Å². The Bertz CT molecular complexity index is 551. The average molecular weight is 273 g/mol. The Morgan fingerprint density at radius 2 is 1.70 bits per heavy atom. The molecular formula is C17H20FNO. The molecule has 0 aromatic heterocycles. The summed E-state index contributed by atoms with van der Waals surface area (Å²) in [5.74, 6) is 0.126. The summed E-state index contributed by atoms with van der Waals surface area (Å²) in [5, 5.41) is 13.4. The summed E-state index contributed by atoms with van der Waals surface area (Å²) in [6.45, 7) is 4.67. The van der Waals surface area contributed by atoms with Crippen molar-refractivity contribution in [1.82, 2.24) is 0 Å². The van der Waals surface area contributed by atoms with E-state index in [-0.39, 0.29) is 5.82 Å². The van der Waals surface area contributed by atoms with Gasteiger partial charge in [-0.25, -0.2) is 4.39 Å². The van der Waals surface area contributed by atoms with Crippen LogP contribution in [0.25, 0.3) is 0 Å². The van der Waals surface area contributed by atoms with Gasteiger partial charge in [0.25, 0.3) is 0 Å². The summed E-state index contributed by atoms with van der Waals surface area (Å²) >= 11 is 0. The number of aliphatic hydroxyl groups excluding tert-OH is 1. The van der Waals surface area contributed by atoms with Gasteiger partial charge in [0.15, 0.2) is 0 Å². The fraction of sp³-hybridized carbons (Fsp3) is 0.294. The maximum absolute atomic E-state index is 12.8. The Hall–Kier alpha value is -1.87. The SMILES string of the molecule is CC(C)c1ccccc1NCC(O)c1ccc(F)cc1. The Kier molecular flexibility index (Phi) is 4.74. The van der Waals surface area contributed by atoms with Crippen molar-refractivity contribution in [2.75, 3.05) is 11.9 Å². The monoisotopic (exact) mass is 273 g/mol. The molecule has 0 fully saturated rings. The number of hydrogen-bond acceptors (Lipinski definition) is 2. The molecule has 0 bridgehead atoms. The van der Waals surface area contributed by atoms with Crippen LogP contribution in [0.15, 0.2) is 48.5 Å². The zero-order chi connectivity index (χ0) is 14.5. The van der Waals surface area contributed by atoms with Crippen LogP contribution in [0, 0.1) is 5.82 Å². The Balaban J connectivity index is 2.03. The third kappa shape index (κ3) is 3.58. The minimum Gasteiger partial charge on any atom is -0.387 e. The van der Waals surface area contributed by atoms with Crippen molar-refractivity contribution in [3.63, 3.8) is 0 Å². The lowest BCUT2D eigenvalue weighted by atomic mass is 10.0. The van der Waals surface area contributed by atoms with E-state index >= 15 is 0 Å². The summed E-state index contributed by atoms with van der Waals surface area (Å²) < 4.78 is 12.8. The maximum Gasteiger partial charge on any atom is 0.123 e. The molecule has 0 saturated heterocycles. The number of para-hydroxylation sites is 1. The predicted octanol–water partition coefficient (Wildman–Crippen LogP) is 4.09. The number of aliphatic hydroxyl groups is 1. The third-order valence-electron chi connectivity index (χ3n) is 3.32. The molecule has 2 aromatic carbocycles. The molecule has 0 aliphatic heterocycles. The molecule has 3 heteroatoms. The first-order valence-electron chi connectivity index (χ1n) is 6.84. The summed E-state index contributed by atoms with van der Waals surface area (Å²) in [5.41, 5.74) is 2.96. The highest BCUT2D eigenvalue weighted by Crippen LogP contribution is 2.24. The molecule has 2 nitrogen and oxygen atoms in total. The molecule has 2 rings (SSSR count). The number of hydrogen-bond donors (Lipinski definition) is 2. The van der Waals surface area contributed by atoms with E-state index in [0.29, 0.717) is 18.0 Å². The van der Waals surface area contributed by atoms with Crippen LogP contribution in [0.4, 0.5) is 10.1 Å². The second-order valence-corrected chi connectivity index (χ2v) is 5.19. The summed E-state index contributed by atoms with van der Waals surface area (Å²) in [7, 11) is 0. The molecule has 0 aliphatic rings. The predicted molar refractivity (Wildman–Crippen MR) is 80.4 cm³/mol. The second kappa shape index (κ2) is 6.53. The van der Waals surface area contributed by atoms with Gasteiger partial charge in [-0.15, -0.1) is 0 Å². The summed E-state index contributed by atoms with van der Waals surface area (Å²) in [6.07, 6.45) is -0.657. The fourth-order valence-corrected chi connectivity index (χ4v) is 2.17. The van der Waals surface area contributed by atoms with Crippen LogP contribution in [0.2, 0.25) is 0 Å². The van der Waals surface area contributed by atoms with Crippen LogP contribution in [0.3, 0.4) is 0 Å². The quantitative estimate of drug-likeness (QED) is 0.859. The molecule has 106 valence electrons. The van der Waals surface area contributed by atoms with Gasteiger partial charge in [0.2, 0.25) is 0 Å². The molecule has 0 radical (unpaired) electrons. The average Bonchev–Trinajstić information content (AvgIpc) is 2.45. The fourth-order valence-electron chi connectivity index (χ4n) is 2.17. The van der Waals surface area contributed by atoms with Gasteiger partial charge in [-0.3, -0.25) is 0 Å². The van der Waals surface area contributed by atoms with Gasteiger partial charge in [0.1, 0.15) is 5.82 Å². The van der Waals surface area contributed by atoms with E-state index in [1.807, 2.05) is 18.2 Å². The first-order chi connectivity index (χ1) is 9.58. The van der Waals surface area contributed by atoms with Crippen LogP contribution >= 0.6 is 0 Å². The minimum absolute atomic E-state index is 0.293. The van der Waals surface area contributed by atoms with Crippen LogP contribution in [-0.2, 0) is 0 Å². The maximum atomic E-state index is 12.8. The normalized spacial score (nSPS) is 12.4. The molecular weight excluding hydrogens is 253 g/mol. The Morgan fingerprint density at radius 1 is 1.05 bits per heavy atom. The van der Waals surface area contributed by atoms with Crippen molar-refractivity contribution in [1.29, 1.82) is 0 Å². The summed E-state index contributed by atoms with van der Waals surface area (Å²) in [4.78, 5) is 0. The zero-order valence-electron chi connectivity index (χ0n) is 11.8. The lowest BCUT2D eigenvalue weighted by Crippen LogP contribution is -2.13. The molecule has 2 N–H and O–H groups in total. The highest BCUT2D eigenvalue weighted by Gasteiger charge is 2.10. The highest BCUT2D eigenvalue weighted by atomic mass is 19.1. The first-order valence-corrected chi connectivity index (χ1v) is 6.84. The smallest absolute Gasteiger partial charge is 0.123 e. The van der Waals surface area contributed by atoms with Crippen LogP contribution in [-0.4, -0.2) is 11.7 Å². The second-order valence-electron chi connectivity index (χ2n) is 5.19. The van der Waals surface area contributed by atoms with Crippen molar-refractivity contribution >= 4 is 5.69 Å². The van der Waals surface area contributed by atoms with Crippen molar-refractivity contribution in [3.8, 4) is 0 Å². The van der Waals surface area contributed by atoms with Gasteiger partial charge in [-0.05, 0) is 35.2 Å². The number of halogens is 1. The van der Waals surface area contributed by atoms with E-state index in [0.717, 1.165) is 5.69 Å². The lowest BCUT2D eigenvalue weighted by Gasteiger charge is -2.17. The van der Waals surface area contributed by atoms with E-state index < -0.39 is 6.10 Å². The van der Waals surface area contributed by atoms with Crippen molar-refractivity contribution < 1.29 is 9.50 Å². The van der Waals surface area contributed by atoms with Crippen molar-refractivity contribution in [3.05, 3.63) is 65.5 Å². The molecule has 0 saturated carbocycles. The molecule has 0 spiro atoms. The first kappa shape index (κ1) is 14.5. The Labute approximate surface area is 119 Å². The van der Waals surface area contributed by atoms with E-state index in [4.69, 9.17) is 0 Å². The van der Waals surface area contributed by atoms with E-state index in [1.54, 1.807) is 12.1 Å². The van der Waals surface area contributed by atoms with Gasteiger partial charge in [0.05, 0.1) is 6.10 Å². The molecule has 1 unspecified atom stereocenters. The van der Waals surface area contributed by atoms with Crippen molar-refractivity contribution in [2.45, 2.75) is 25.9 Å². The van der Waals surface area contributed by atoms with Gasteiger partial charge in [0, 0.05) is 12.2 Å². The number of rotatable bonds is 5. The van der Waals surface area contributed by atoms with Gasteiger partial charge < -0.3 is 10.4 Å². The summed E-state index contributed by atoms with van der Waals surface area (Å²) in [6, 6.07) is 14.0. The number of nitrogens with one attached hydrogen (secondary N) is 1. The van der Waals surface area contributed by atoms with E-state index in [2.05, 4.69) is 25.2 Å². The number of anilines is 1. The molecule has 1 atom stereocenters. The molecule has 20 heavy (non-hydrogen) atoms. The third-order valence-corrected chi connectivity index (χ3v) is 3.32. The van der Waals surface area contributed by atoms with Gasteiger partial charge in [-0.1, -0.05) is 44.2 Å². The minimum atomic E-state index is -0.657. The lowest BCUT2D eigenvalue weighted by molar-refractivity contribution is 0.191. The molecule has 0 amide bonds. The van der Waals surface area contributed by atoms with Crippen LogP contribution in [0.5, 0.6) is 0 Å². The zero-order valence-corrected chi connectivity index (χ0v) is 11.8. The standard InChI is InChI=1S/C17H20FNO/c1-12(2)15-5-3-4-6-16(15)19-11-17(20)13-7-9-14(18)10-8-13/h3-10,12,17,19-20H,11H2,1-2H3. The molecule has 0 heterocycles. The van der Waals surface area contributed by atoms with Crippen LogP contribution < -0.4 is 5.32 Å². The van der Waals surface area contributed by atoms with E-state index in [1.165, 1.54) is 17.7 Å². The molecule has 0 aliphatic carbocycles. The highest BCUT2D eigenvalue weighted by molar-refractivity contribution is 5.52.